The first kappa shape index (κ1) is 18.5. The SMILES string of the molecule is Cc1cc(C)nc(NC(=O)Cn2nc(-c3cccc4ccccc34)ccc2=O)n1. The predicted molar refractivity (Wildman–Crippen MR) is 112 cm³/mol. The van der Waals surface area contributed by atoms with Crippen molar-refractivity contribution in [2.75, 3.05) is 5.32 Å². The van der Waals surface area contributed by atoms with Crippen molar-refractivity contribution < 1.29 is 4.79 Å². The molecule has 2 aromatic carbocycles. The lowest BCUT2D eigenvalue weighted by Crippen LogP contribution is -2.29. The molecular weight excluding hydrogens is 366 g/mol. The van der Waals surface area contributed by atoms with E-state index in [9.17, 15) is 9.59 Å². The van der Waals surface area contributed by atoms with Crippen LogP contribution >= 0.6 is 0 Å². The maximum absolute atomic E-state index is 12.4. The average Bonchev–Trinajstić information content (AvgIpc) is 2.68. The third-order valence-electron chi connectivity index (χ3n) is 4.46. The van der Waals surface area contributed by atoms with E-state index in [2.05, 4.69) is 20.4 Å². The van der Waals surface area contributed by atoms with Crippen LogP contribution in [0.4, 0.5) is 5.95 Å². The molecular formula is C22H19N5O2. The second kappa shape index (κ2) is 7.63. The fourth-order valence-corrected chi connectivity index (χ4v) is 3.24. The van der Waals surface area contributed by atoms with Gasteiger partial charge in [-0.2, -0.15) is 5.10 Å². The summed E-state index contributed by atoms with van der Waals surface area (Å²) in [5.74, 6) is -0.203. The molecule has 144 valence electrons. The van der Waals surface area contributed by atoms with E-state index in [-0.39, 0.29) is 18.1 Å². The van der Waals surface area contributed by atoms with E-state index in [4.69, 9.17) is 0 Å². The monoisotopic (exact) mass is 385 g/mol. The third-order valence-corrected chi connectivity index (χ3v) is 4.46. The maximum Gasteiger partial charge on any atom is 0.267 e. The maximum atomic E-state index is 12.4. The van der Waals surface area contributed by atoms with E-state index in [1.165, 1.54) is 6.07 Å². The molecule has 1 N–H and O–H groups in total. The fraction of sp³-hybridized carbons (Fsp3) is 0.136. The zero-order valence-electron chi connectivity index (χ0n) is 16.1. The number of hydrogen-bond donors (Lipinski definition) is 1. The van der Waals surface area contributed by atoms with E-state index in [0.29, 0.717) is 5.69 Å². The Hall–Kier alpha value is -3.87. The van der Waals surface area contributed by atoms with Gasteiger partial charge in [-0.05, 0) is 36.8 Å². The van der Waals surface area contributed by atoms with Gasteiger partial charge in [0, 0.05) is 23.0 Å². The van der Waals surface area contributed by atoms with Crippen LogP contribution in [0.15, 0.2) is 65.5 Å². The van der Waals surface area contributed by atoms with Crippen LogP contribution in [0.2, 0.25) is 0 Å². The zero-order valence-corrected chi connectivity index (χ0v) is 16.1. The molecule has 0 spiro atoms. The second-order valence-corrected chi connectivity index (χ2v) is 6.76. The van der Waals surface area contributed by atoms with Crippen LogP contribution in [-0.4, -0.2) is 25.7 Å². The lowest BCUT2D eigenvalue weighted by Gasteiger charge is -2.10. The van der Waals surface area contributed by atoms with Crippen LogP contribution in [0.1, 0.15) is 11.4 Å². The minimum absolute atomic E-state index is 0.214. The van der Waals surface area contributed by atoms with E-state index in [1.807, 2.05) is 62.4 Å². The molecule has 0 saturated carbocycles. The molecule has 0 saturated heterocycles. The molecule has 0 aliphatic rings. The average molecular weight is 385 g/mol. The van der Waals surface area contributed by atoms with Gasteiger partial charge in [-0.3, -0.25) is 14.9 Å². The van der Waals surface area contributed by atoms with E-state index in [0.717, 1.165) is 32.4 Å². The highest BCUT2D eigenvalue weighted by atomic mass is 16.2. The van der Waals surface area contributed by atoms with Gasteiger partial charge in [0.2, 0.25) is 11.9 Å². The van der Waals surface area contributed by atoms with Gasteiger partial charge in [-0.25, -0.2) is 14.6 Å². The fourth-order valence-electron chi connectivity index (χ4n) is 3.24. The molecule has 0 fully saturated rings. The number of anilines is 1. The van der Waals surface area contributed by atoms with Crippen molar-refractivity contribution >= 4 is 22.6 Å². The van der Waals surface area contributed by atoms with Crippen molar-refractivity contribution in [2.24, 2.45) is 0 Å². The summed E-state index contributed by atoms with van der Waals surface area (Å²) in [6.07, 6.45) is 0. The van der Waals surface area contributed by atoms with Crippen LogP contribution in [-0.2, 0) is 11.3 Å². The minimum Gasteiger partial charge on any atom is -0.293 e. The summed E-state index contributed by atoms with van der Waals surface area (Å²) in [6, 6.07) is 18.8. The molecule has 4 rings (SSSR count). The van der Waals surface area contributed by atoms with Crippen molar-refractivity contribution in [3.05, 3.63) is 82.4 Å². The summed E-state index contributed by atoms with van der Waals surface area (Å²) in [4.78, 5) is 33.1. The number of nitrogens with one attached hydrogen (secondary N) is 1. The largest absolute Gasteiger partial charge is 0.293 e. The number of nitrogens with zero attached hydrogens (tertiary/aromatic N) is 4. The highest BCUT2D eigenvalue weighted by Gasteiger charge is 2.11. The number of carbonyl (C=O) groups is 1. The lowest BCUT2D eigenvalue weighted by atomic mass is 10.0. The van der Waals surface area contributed by atoms with Crippen LogP contribution in [0.5, 0.6) is 0 Å². The van der Waals surface area contributed by atoms with Crippen molar-refractivity contribution in [1.82, 2.24) is 19.7 Å². The summed E-state index contributed by atoms with van der Waals surface area (Å²) in [7, 11) is 0. The number of aryl methyl sites for hydroxylation is 2. The van der Waals surface area contributed by atoms with Crippen LogP contribution in [0.3, 0.4) is 0 Å². The lowest BCUT2D eigenvalue weighted by molar-refractivity contribution is -0.117. The Labute approximate surface area is 167 Å². The molecule has 2 heterocycles. The summed E-state index contributed by atoms with van der Waals surface area (Å²) < 4.78 is 1.15. The molecule has 1 amide bonds. The number of fused-ring (bicyclic) bond motifs is 1. The van der Waals surface area contributed by atoms with Crippen molar-refractivity contribution in [2.45, 2.75) is 20.4 Å². The molecule has 0 radical (unpaired) electrons. The van der Waals surface area contributed by atoms with Crippen LogP contribution in [0, 0.1) is 13.8 Å². The molecule has 0 aliphatic heterocycles. The molecule has 29 heavy (non-hydrogen) atoms. The van der Waals surface area contributed by atoms with Gasteiger partial charge in [0.05, 0.1) is 5.69 Å². The number of benzene rings is 2. The summed E-state index contributed by atoms with van der Waals surface area (Å²) in [5, 5.41) is 9.15. The Morgan fingerprint density at radius 3 is 2.48 bits per heavy atom. The van der Waals surface area contributed by atoms with Crippen LogP contribution < -0.4 is 10.9 Å². The van der Waals surface area contributed by atoms with E-state index < -0.39 is 5.91 Å². The summed E-state index contributed by atoms with van der Waals surface area (Å²) >= 11 is 0. The van der Waals surface area contributed by atoms with Gasteiger partial charge >= 0.3 is 0 Å². The molecule has 0 bridgehead atoms. The number of rotatable bonds is 4. The first-order valence-corrected chi connectivity index (χ1v) is 9.18. The molecule has 2 aromatic heterocycles. The van der Waals surface area contributed by atoms with E-state index in [1.54, 1.807) is 6.07 Å². The first-order valence-electron chi connectivity index (χ1n) is 9.18. The Bertz CT molecular complexity index is 1250. The normalized spacial score (nSPS) is 10.8. The quantitative estimate of drug-likeness (QED) is 0.583. The Morgan fingerprint density at radius 1 is 0.966 bits per heavy atom. The minimum atomic E-state index is -0.417. The summed E-state index contributed by atoms with van der Waals surface area (Å²) in [6.45, 7) is 3.42. The third kappa shape index (κ3) is 4.03. The number of carbonyl (C=O) groups excluding carboxylic acids is 1. The van der Waals surface area contributed by atoms with Gasteiger partial charge < -0.3 is 0 Å². The highest BCUT2D eigenvalue weighted by molar-refractivity contribution is 5.95. The number of amides is 1. The Balaban J connectivity index is 1.63. The van der Waals surface area contributed by atoms with Crippen LogP contribution in [0.25, 0.3) is 22.0 Å². The first-order chi connectivity index (χ1) is 14.0. The number of aromatic nitrogens is 4. The molecule has 7 heteroatoms. The smallest absolute Gasteiger partial charge is 0.267 e. The molecule has 0 aliphatic carbocycles. The predicted octanol–water partition coefficient (Wildman–Crippen LogP) is 3.11. The zero-order chi connectivity index (χ0) is 20.4. The van der Waals surface area contributed by atoms with Gasteiger partial charge in [0.1, 0.15) is 6.54 Å². The van der Waals surface area contributed by atoms with Gasteiger partial charge in [0.25, 0.3) is 5.56 Å². The molecule has 0 atom stereocenters. The van der Waals surface area contributed by atoms with Crippen molar-refractivity contribution in [3.63, 3.8) is 0 Å². The highest BCUT2D eigenvalue weighted by Crippen LogP contribution is 2.26. The summed E-state index contributed by atoms with van der Waals surface area (Å²) in [5.41, 5.74) is 2.67. The van der Waals surface area contributed by atoms with Gasteiger partial charge in [0.15, 0.2) is 0 Å². The topological polar surface area (TPSA) is 89.8 Å². The van der Waals surface area contributed by atoms with Crippen molar-refractivity contribution in [1.29, 1.82) is 0 Å². The van der Waals surface area contributed by atoms with Gasteiger partial charge in [-0.15, -0.1) is 0 Å². The van der Waals surface area contributed by atoms with Crippen molar-refractivity contribution in [3.8, 4) is 11.3 Å². The number of hydrogen-bond acceptors (Lipinski definition) is 5. The van der Waals surface area contributed by atoms with Gasteiger partial charge in [-0.1, -0.05) is 42.5 Å². The molecule has 4 aromatic rings. The Morgan fingerprint density at radius 2 is 1.69 bits per heavy atom. The molecule has 7 nitrogen and oxygen atoms in total. The second-order valence-electron chi connectivity index (χ2n) is 6.76. The van der Waals surface area contributed by atoms with E-state index >= 15 is 0 Å². The Kier molecular flexibility index (Phi) is 4.87. The standard InChI is InChI=1S/C22H19N5O2/c1-14-12-15(2)24-22(23-14)25-20(28)13-27-21(29)11-10-19(26-27)18-9-5-7-16-6-3-4-8-17(16)18/h3-12H,13H2,1-2H3,(H,23,24,25,28). The molecule has 0 unspecified atom stereocenters.